The van der Waals surface area contributed by atoms with Gasteiger partial charge in [0.05, 0.1) is 0 Å². The Morgan fingerprint density at radius 2 is 1.67 bits per heavy atom. The summed E-state index contributed by atoms with van der Waals surface area (Å²) >= 11 is 0. The van der Waals surface area contributed by atoms with Gasteiger partial charge in [-0.05, 0) is 44.3 Å². The highest BCUT2D eigenvalue weighted by Crippen LogP contribution is 2.37. The number of nitrogens with two attached hydrogens (primary N) is 1. The molecule has 0 aliphatic carbocycles. The van der Waals surface area contributed by atoms with Crippen molar-refractivity contribution in [2.24, 2.45) is 5.73 Å². The van der Waals surface area contributed by atoms with E-state index in [-0.39, 0.29) is 11.6 Å². The smallest absolute Gasteiger partial charge is 0.0481 e. The molecule has 1 heterocycles. The van der Waals surface area contributed by atoms with Gasteiger partial charge in [0, 0.05) is 11.6 Å². The molecule has 1 aromatic carbocycles. The average Bonchev–Trinajstić information content (AvgIpc) is 2.96. The van der Waals surface area contributed by atoms with Crippen LogP contribution in [0.3, 0.4) is 0 Å². The van der Waals surface area contributed by atoms with Crippen LogP contribution in [0.5, 0.6) is 0 Å². The summed E-state index contributed by atoms with van der Waals surface area (Å²) in [5.41, 5.74) is 8.04. The maximum absolute atomic E-state index is 6.63. The van der Waals surface area contributed by atoms with E-state index in [1.807, 2.05) is 0 Å². The van der Waals surface area contributed by atoms with E-state index in [2.05, 4.69) is 49.1 Å². The Bertz CT molecular complexity index is 351. The lowest BCUT2D eigenvalue weighted by atomic mass is 9.80. The molecule has 100 valence electrons. The molecule has 18 heavy (non-hydrogen) atoms. The molecule has 1 aliphatic rings. The number of likely N-dealkylation sites (tertiary alicyclic amines) is 1. The third-order valence-corrected chi connectivity index (χ3v) is 4.70. The molecule has 2 rings (SSSR count). The van der Waals surface area contributed by atoms with Crippen molar-refractivity contribution in [3.8, 4) is 0 Å². The number of benzene rings is 1. The number of nitrogens with zero attached hydrogens (tertiary/aromatic N) is 1. The molecule has 0 radical (unpaired) electrons. The van der Waals surface area contributed by atoms with Crippen LogP contribution in [0, 0.1) is 0 Å². The van der Waals surface area contributed by atoms with E-state index in [0.717, 1.165) is 12.8 Å². The van der Waals surface area contributed by atoms with Crippen LogP contribution in [0.2, 0.25) is 0 Å². The van der Waals surface area contributed by atoms with Crippen molar-refractivity contribution >= 4 is 0 Å². The topological polar surface area (TPSA) is 29.3 Å². The summed E-state index contributed by atoms with van der Waals surface area (Å²) < 4.78 is 0. The van der Waals surface area contributed by atoms with Crippen LogP contribution in [0.1, 0.15) is 51.1 Å². The lowest BCUT2D eigenvalue weighted by molar-refractivity contribution is 0.0767. The molecule has 0 saturated carbocycles. The fraction of sp³-hybridized carbons (Fsp3) is 0.625. The van der Waals surface area contributed by atoms with Gasteiger partial charge in [-0.3, -0.25) is 4.90 Å². The van der Waals surface area contributed by atoms with Crippen LogP contribution in [-0.2, 0) is 0 Å². The molecule has 1 aliphatic heterocycles. The zero-order chi connectivity index (χ0) is 13.0. The first-order chi connectivity index (χ1) is 8.74. The highest BCUT2D eigenvalue weighted by atomic mass is 15.2. The maximum Gasteiger partial charge on any atom is 0.0481 e. The van der Waals surface area contributed by atoms with E-state index < -0.39 is 0 Å². The fourth-order valence-corrected chi connectivity index (χ4v) is 3.47. The van der Waals surface area contributed by atoms with Gasteiger partial charge in [0.15, 0.2) is 0 Å². The first-order valence-corrected chi connectivity index (χ1v) is 7.30. The molecule has 1 unspecified atom stereocenters. The second-order valence-corrected chi connectivity index (χ2v) is 5.39. The van der Waals surface area contributed by atoms with Crippen molar-refractivity contribution in [1.29, 1.82) is 0 Å². The highest BCUT2D eigenvalue weighted by molar-refractivity contribution is 5.23. The van der Waals surface area contributed by atoms with Gasteiger partial charge in [0.1, 0.15) is 0 Å². The minimum absolute atomic E-state index is 0.117. The van der Waals surface area contributed by atoms with Gasteiger partial charge in [0.2, 0.25) is 0 Å². The molecule has 1 saturated heterocycles. The van der Waals surface area contributed by atoms with E-state index in [4.69, 9.17) is 5.73 Å². The minimum atomic E-state index is 0.117. The minimum Gasteiger partial charge on any atom is -0.322 e. The van der Waals surface area contributed by atoms with Crippen LogP contribution in [0.25, 0.3) is 0 Å². The van der Waals surface area contributed by atoms with Crippen LogP contribution in [0.15, 0.2) is 30.3 Å². The predicted octanol–water partition coefficient (Wildman–Crippen LogP) is 3.34. The number of hydrogen-bond donors (Lipinski definition) is 1. The Labute approximate surface area is 111 Å². The van der Waals surface area contributed by atoms with Gasteiger partial charge in [-0.25, -0.2) is 0 Å². The van der Waals surface area contributed by atoms with E-state index in [1.165, 1.54) is 31.5 Å². The number of rotatable bonds is 5. The molecule has 0 aromatic heterocycles. The summed E-state index contributed by atoms with van der Waals surface area (Å²) in [5, 5.41) is 0. The van der Waals surface area contributed by atoms with Crippen molar-refractivity contribution in [2.45, 2.75) is 51.1 Å². The number of hydrogen-bond acceptors (Lipinski definition) is 2. The summed E-state index contributed by atoms with van der Waals surface area (Å²) in [4.78, 5) is 2.63. The summed E-state index contributed by atoms with van der Waals surface area (Å²) in [6.07, 6.45) is 4.89. The van der Waals surface area contributed by atoms with Crippen LogP contribution < -0.4 is 5.73 Å². The quantitative estimate of drug-likeness (QED) is 0.863. The summed E-state index contributed by atoms with van der Waals surface area (Å²) in [6, 6.07) is 10.7. The van der Waals surface area contributed by atoms with Crippen molar-refractivity contribution in [1.82, 2.24) is 4.90 Å². The van der Waals surface area contributed by atoms with E-state index >= 15 is 0 Å². The monoisotopic (exact) mass is 246 g/mol. The zero-order valence-corrected chi connectivity index (χ0v) is 11.7. The van der Waals surface area contributed by atoms with Crippen LogP contribution in [0.4, 0.5) is 0 Å². The molecule has 0 amide bonds. The molecule has 1 atom stereocenters. The summed E-state index contributed by atoms with van der Waals surface area (Å²) in [5.74, 6) is 0. The Morgan fingerprint density at radius 1 is 1.11 bits per heavy atom. The van der Waals surface area contributed by atoms with Crippen molar-refractivity contribution in [2.75, 3.05) is 13.1 Å². The average molecular weight is 246 g/mol. The third kappa shape index (κ3) is 2.32. The molecular formula is C16H26N2. The van der Waals surface area contributed by atoms with Gasteiger partial charge in [-0.2, -0.15) is 0 Å². The molecule has 0 bridgehead atoms. The largest absolute Gasteiger partial charge is 0.322 e. The second-order valence-electron chi connectivity index (χ2n) is 5.39. The van der Waals surface area contributed by atoms with Crippen molar-refractivity contribution in [3.63, 3.8) is 0 Å². The normalized spacial score (nSPS) is 19.1. The summed E-state index contributed by atoms with van der Waals surface area (Å²) in [6.45, 7) is 6.99. The zero-order valence-electron chi connectivity index (χ0n) is 11.7. The molecule has 2 heteroatoms. The predicted molar refractivity (Wildman–Crippen MR) is 77.5 cm³/mol. The van der Waals surface area contributed by atoms with E-state index in [1.54, 1.807) is 0 Å². The SMILES string of the molecule is CCC(CC)(C(N)c1ccccc1)N1CCCC1. The molecular weight excluding hydrogens is 220 g/mol. The van der Waals surface area contributed by atoms with E-state index in [9.17, 15) is 0 Å². The first-order valence-electron chi connectivity index (χ1n) is 7.30. The Hall–Kier alpha value is -0.860. The van der Waals surface area contributed by atoms with Crippen molar-refractivity contribution in [3.05, 3.63) is 35.9 Å². The van der Waals surface area contributed by atoms with Gasteiger partial charge in [-0.15, -0.1) is 0 Å². The maximum atomic E-state index is 6.63. The Kier molecular flexibility index (Phi) is 4.41. The Balaban J connectivity index is 2.28. The third-order valence-electron chi connectivity index (χ3n) is 4.70. The fourth-order valence-electron chi connectivity index (χ4n) is 3.47. The standard InChI is InChI=1S/C16H26N2/c1-3-16(4-2,18-12-8-9-13-18)15(17)14-10-6-5-7-11-14/h5-7,10-11,15H,3-4,8-9,12-13,17H2,1-2H3. The molecule has 1 aromatic rings. The molecule has 1 fully saturated rings. The Morgan fingerprint density at radius 3 is 2.17 bits per heavy atom. The molecule has 2 nitrogen and oxygen atoms in total. The first kappa shape index (κ1) is 13.6. The van der Waals surface area contributed by atoms with Crippen LogP contribution in [-0.4, -0.2) is 23.5 Å². The van der Waals surface area contributed by atoms with Gasteiger partial charge in [0.25, 0.3) is 0 Å². The van der Waals surface area contributed by atoms with Gasteiger partial charge in [-0.1, -0.05) is 44.2 Å². The summed E-state index contributed by atoms with van der Waals surface area (Å²) in [7, 11) is 0. The van der Waals surface area contributed by atoms with Gasteiger partial charge >= 0.3 is 0 Å². The molecule has 2 N–H and O–H groups in total. The second kappa shape index (κ2) is 5.85. The highest BCUT2D eigenvalue weighted by Gasteiger charge is 2.40. The lowest BCUT2D eigenvalue weighted by Crippen LogP contribution is -2.53. The van der Waals surface area contributed by atoms with E-state index in [0.29, 0.717) is 0 Å². The molecule has 0 spiro atoms. The van der Waals surface area contributed by atoms with Gasteiger partial charge < -0.3 is 5.73 Å². The van der Waals surface area contributed by atoms with Crippen LogP contribution >= 0.6 is 0 Å². The van der Waals surface area contributed by atoms with Crippen molar-refractivity contribution < 1.29 is 0 Å². The lowest BCUT2D eigenvalue weighted by Gasteiger charge is -2.45.